The van der Waals surface area contributed by atoms with Gasteiger partial charge >= 0.3 is 6.09 Å². The summed E-state index contributed by atoms with van der Waals surface area (Å²) >= 11 is 0. The minimum atomic E-state index is -0.771. The Kier molecular flexibility index (Phi) is 7.83. The molecule has 0 saturated heterocycles. The highest BCUT2D eigenvalue weighted by molar-refractivity contribution is 6.00. The van der Waals surface area contributed by atoms with E-state index >= 15 is 4.39 Å². The van der Waals surface area contributed by atoms with Gasteiger partial charge in [0.25, 0.3) is 0 Å². The van der Waals surface area contributed by atoms with Gasteiger partial charge in [-0.05, 0) is 100 Å². The molecule has 0 bridgehead atoms. The highest BCUT2D eigenvalue weighted by atomic mass is 19.1. The molecule has 0 heterocycles. The largest absolute Gasteiger partial charge is 0.443 e. The third-order valence-electron chi connectivity index (χ3n) is 8.59. The predicted octanol–water partition coefficient (Wildman–Crippen LogP) is 7.97. The smallest absolute Gasteiger partial charge is 0.414 e. The molecule has 4 atom stereocenters. The quantitative estimate of drug-likeness (QED) is 0.422. The Morgan fingerprint density at radius 2 is 1.81 bits per heavy atom. The summed E-state index contributed by atoms with van der Waals surface area (Å²) in [4.78, 5) is 28.3. The molecule has 1 saturated carbocycles. The Hall–Kier alpha value is -2.69. The van der Waals surface area contributed by atoms with Crippen LogP contribution in [0.3, 0.4) is 0 Å². The first-order valence-corrected chi connectivity index (χ1v) is 13.9. The predicted molar refractivity (Wildman–Crippen MR) is 147 cm³/mol. The molecule has 4 rings (SSSR count). The van der Waals surface area contributed by atoms with Gasteiger partial charge in [-0.15, -0.1) is 0 Å². The lowest BCUT2D eigenvalue weighted by Gasteiger charge is -2.39. The number of ether oxygens (including phenoxy) is 1. The Bertz CT molecular complexity index is 1140. The molecule has 2 aliphatic rings. The summed E-state index contributed by atoms with van der Waals surface area (Å²) in [6.45, 7) is 11.9. The Morgan fingerprint density at radius 3 is 2.46 bits per heavy atom. The molecule has 3 unspecified atom stereocenters. The number of hydrogen-bond acceptors (Lipinski definition) is 3. The van der Waals surface area contributed by atoms with Crippen LogP contribution in [0.15, 0.2) is 42.5 Å². The van der Waals surface area contributed by atoms with E-state index in [1.54, 1.807) is 6.07 Å². The molecule has 4 nitrogen and oxygen atoms in total. The Morgan fingerprint density at radius 1 is 1.14 bits per heavy atom. The lowest BCUT2D eigenvalue weighted by atomic mass is 9.64. The van der Waals surface area contributed by atoms with Crippen LogP contribution >= 0.6 is 0 Å². The zero-order valence-corrected chi connectivity index (χ0v) is 23.3. The van der Waals surface area contributed by atoms with Gasteiger partial charge in [-0.3, -0.25) is 9.69 Å². The van der Waals surface area contributed by atoms with Crippen LogP contribution in [0.2, 0.25) is 0 Å². The van der Waals surface area contributed by atoms with Crippen molar-refractivity contribution in [3.63, 3.8) is 0 Å². The number of rotatable bonds is 4. The summed E-state index contributed by atoms with van der Waals surface area (Å²) in [5, 5.41) is 0. The standard InChI is InChI=1S/C32H42FNO3/c1-7-34(30(36)37-31(3,4)5)28-19-24(33)18-27-26(28)20-29(35)32(27,6)23-15-11-12-16-25(21(2)17-23)22-13-9-8-10-14-22/h8-10,13-14,18-19,21,23,25H,7,11-12,15-17,20H2,1-6H3/t21?,23?,25-,32?/m0/s1. The first kappa shape index (κ1) is 27.3. The van der Waals surface area contributed by atoms with Crippen LogP contribution in [0.25, 0.3) is 0 Å². The number of fused-ring (bicyclic) bond motifs is 1. The van der Waals surface area contributed by atoms with Crippen LogP contribution in [-0.2, 0) is 21.4 Å². The second kappa shape index (κ2) is 10.6. The van der Waals surface area contributed by atoms with Gasteiger partial charge < -0.3 is 4.74 Å². The number of amides is 1. The van der Waals surface area contributed by atoms with Crippen molar-refractivity contribution in [3.05, 3.63) is 65.0 Å². The first-order valence-electron chi connectivity index (χ1n) is 13.9. The zero-order chi connectivity index (χ0) is 27.0. The second-order valence-electron chi connectivity index (χ2n) is 12.2. The van der Waals surface area contributed by atoms with Crippen molar-refractivity contribution < 1.29 is 18.7 Å². The fraction of sp³-hybridized carbons (Fsp3) is 0.562. The Balaban J connectivity index is 1.71. The van der Waals surface area contributed by atoms with Crippen molar-refractivity contribution in [2.24, 2.45) is 11.8 Å². The van der Waals surface area contributed by atoms with E-state index in [1.807, 2.05) is 34.6 Å². The van der Waals surface area contributed by atoms with Crippen LogP contribution < -0.4 is 4.90 Å². The molecule has 0 radical (unpaired) electrons. The lowest BCUT2D eigenvalue weighted by molar-refractivity contribution is -0.124. The number of benzene rings is 2. The molecule has 2 aliphatic carbocycles. The van der Waals surface area contributed by atoms with Gasteiger partial charge in [0.15, 0.2) is 0 Å². The number of hydrogen-bond donors (Lipinski definition) is 0. The average molecular weight is 508 g/mol. The molecule has 0 aliphatic heterocycles. The lowest BCUT2D eigenvalue weighted by Crippen LogP contribution is -2.39. The first-order chi connectivity index (χ1) is 17.5. The number of nitrogens with zero attached hydrogens (tertiary/aromatic N) is 1. The van der Waals surface area contributed by atoms with Crippen LogP contribution in [0.1, 0.15) is 96.3 Å². The molecular formula is C32H42FNO3. The molecule has 0 aromatic heterocycles. The van der Waals surface area contributed by atoms with E-state index in [0.29, 0.717) is 24.1 Å². The van der Waals surface area contributed by atoms with Crippen molar-refractivity contribution in [2.45, 2.75) is 97.0 Å². The number of Topliss-reactive ketones (excluding diaryl/α,β-unsaturated/α-hetero) is 1. The summed E-state index contributed by atoms with van der Waals surface area (Å²) in [5.41, 5.74) is 1.91. The van der Waals surface area contributed by atoms with Crippen molar-refractivity contribution in [2.75, 3.05) is 11.4 Å². The molecule has 1 amide bonds. The van der Waals surface area contributed by atoms with Gasteiger partial charge in [0.2, 0.25) is 0 Å². The summed E-state index contributed by atoms with van der Waals surface area (Å²) in [5.74, 6) is 0.688. The molecule has 0 spiro atoms. The highest BCUT2D eigenvalue weighted by Crippen LogP contribution is 2.51. The fourth-order valence-corrected chi connectivity index (χ4v) is 6.66. The topological polar surface area (TPSA) is 46.6 Å². The van der Waals surface area contributed by atoms with E-state index in [9.17, 15) is 9.59 Å². The molecule has 37 heavy (non-hydrogen) atoms. The molecule has 2 aromatic rings. The molecule has 2 aromatic carbocycles. The van der Waals surface area contributed by atoms with Gasteiger partial charge in [0.1, 0.15) is 17.2 Å². The van der Waals surface area contributed by atoms with E-state index in [4.69, 9.17) is 4.74 Å². The number of anilines is 1. The van der Waals surface area contributed by atoms with Gasteiger partial charge in [-0.2, -0.15) is 0 Å². The zero-order valence-electron chi connectivity index (χ0n) is 23.3. The SMILES string of the molecule is CCN(C(=O)OC(C)(C)C)c1cc(F)cc2c1CC(=O)C2(C)C1CCCC[C@H](c2ccccc2)C(C)C1. The third kappa shape index (κ3) is 5.46. The van der Waals surface area contributed by atoms with Gasteiger partial charge in [0, 0.05) is 13.0 Å². The number of carbonyl (C=O) groups excluding carboxylic acids is 2. The minimum Gasteiger partial charge on any atom is -0.443 e. The maximum absolute atomic E-state index is 15.2. The molecular weight excluding hydrogens is 465 g/mol. The van der Waals surface area contributed by atoms with Gasteiger partial charge in [-0.25, -0.2) is 9.18 Å². The fourth-order valence-electron chi connectivity index (χ4n) is 6.66. The number of halogens is 1. The van der Waals surface area contributed by atoms with E-state index in [1.165, 1.54) is 16.5 Å². The minimum absolute atomic E-state index is 0.119. The van der Waals surface area contributed by atoms with E-state index < -0.39 is 22.9 Å². The summed E-state index contributed by atoms with van der Waals surface area (Å²) < 4.78 is 20.8. The van der Waals surface area contributed by atoms with Crippen molar-refractivity contribution in [1.29, 1.82) is 0 Å². The highest BCUT2D eigenvalue weighted by Gasteiger charge is 2.50. The van der Waals surface area contributed by atoms with Crippen molar-refractivity contribution in [3.8, 4) is 0 Å². The molecule has 200 valence electrons. The number of ketones is 1. The monoisotopic (exact) mass is 507 g/mol. The van der Waals surface area contributed by atoms with Gasteiger partial charge in [0.05, 0.1) is 11.1 Å². The third-order valence-corrected chi connectivity index (χ3v) is 8.59. The normalized spacial score (nSPS) is 26.2. The Labute approximate surface area is 221 Å². The van der Waals surface area contributed by atoms with E-state index in [0.717, 1.165) is 43.2 Å². The summed E-state index contributed by atoms with van der Waals surface area (Å²) in [6, 6.07) is 13.6. The van der Waals surface area contributed by atoms with Crippen molar-refractivity contribution in [1.82, 2.24) is 0 Å². The summed E-state index contributed by atoms with van der Waals surface area (Å²) in [7, 11) is 0. The summed E-state index contributed by atoms with van der Waals surface area (Å²) in [6.07, 6.45) is 4.88. The second-order valence-corrected chi connectivity index (χ2v) is 12.2. The molecule has 1 fully saturated rings. The van der Waals surface area contributed by atoms with E-state index in [2.05, 4.69) is 37.3 Å². The molecule has 5 heteroatoms. The van der Waals surface area contributed by atoms with Crippen LogP contribution in [0.5, 0.6) is 0 Å². The molecule has 0 N–H and O–H groups in total. The van der Waals surface area contributed by atoms with Crippen LogP contribution in [-0.4, -0.2) is 24.0 Å². The maximum Gasteiger partial charge on any atom is 0.414 e. The average Bonchev–Trinajstić information content (AvgIpc) is 3.07. The van der Waals surface area contributed by atoms with E-state index in [-0.39, 0.29) is 18.1 Å². The van der Waals surface area contributed by atoms with Gasteiger partial charge in [-0.1, -0.05) is 50.1 Å². The van der Waals surface area contributed by atoms with Crippen LogP contribution in [0.4, 0.5) is 14.9 Å². The number of carbonyl (C=O) groups is 2. The van der Waals surface area contributed by atoms with Crippen molar-refractivity contribution >= 4 is 17.6 Å². The van der Waals surface area contributed by atoms with Crippen LogP contribution in [0, 0.1) is 17.7 Å². The maximum atomic E-state index is 15.2.